The summed E-state index contributed by atoms with van der Waals surface area (Å²) in [7, 11) is 4.96. The molecule has 5 aromatic carbocycles. The third-order valence-corrected chi connectivity index (χ3v) is 10.0. The van der Waals surface area contributed by atoms with Crippen LogP contribution >= 0.6 is 0 Å². The van der Waals surface area contributed by atoms with E-state index >= 15 is 0 Å². The van der Waals surface area contributed by atoms with Crippen LogP contribution in [0.4, 0.5) is 0 Å². The molecule has 4 aliphatic rings. The van der Waals surface area contributed by atoms with Crippen molar-refractivity contribution in [3.63, 3.8) is 0 Å². The molecule has 0 atom stereocenters. The number of fused-ring (bicyclic) bond motifs is 6. The molecule has 6 nitrogen and oxygen atoms in total. The van der Waals surface area contributed by atoms with Crippen molar-refractivity contribution in [3.8, 4) is 34.5 Å². The summed E-state index contributed by atoms with van der Waals surface area (Å²) < 4.78 is 37.6. The van der Waals surface area contributed by atoms with E-state index in [4.69, 9.17) is 28.4 Å². The third kappa shape index (κ3) is 5.81. The van der Waals surface area contributed by atoms with Gasteiger partial charge in [-0.05, 0) is 127 Å². The molecule has 9 rings (SSSR count). The molecule has 246 valence electrons. The van der Waals surface area contributed by atoms with Crippen molar-refractivity contribution in [1.29, 1.82) is 0 Å². The summed E-state index contributed by atoms with van der Waals surface area (Å²) in [5.41, 5.74) is 14.1. The predicted molar refractivity (Wildman–Crippen MR) is 187 cm³/mol. The maximum absolute atomic E-state index is 6.53. The Morgan fingerprint density at radius 2 is 0.792 bits per heavy atom. The van der Waals surface area contributed by atoms with Crippen LogP contribution in [0.25, 0.3) is 0 Å². The molecule has 4 heterocycles. The monoisotopic (exact) mass is 642 g/mol. The SMILES string of the molecule is COc1c2c(OC)c3c(OC)c1COc1ccc(cc1)Cc1c(C)c(c(C)c(c1C)Cc1cccc(c1)OC3)Cc1ccc(cc1)OC2. The minimum absolute atomic E-state index is 0.208. The molecule has 0 unspecified atom stereocenters. The molecule has 0 aliphatic carbocycles. The van der Waals surface area contributed by atoms with Crippen molar-refractivity contribution >= 4 is 0 Å². The van der Waals surface area contributed by atoms with Gasteiger partial charge in [0.2, 0.25) is 0 Å². The molecule has 0 N–H and O–H groups in total. The Bertz CT molecular complexity index is 1860. The van der Waals surface area contributed by atoms with Crippen LogP contribution in [0.3, 0.4) is 0 Å². The van der Waals surface area contributed by atoms with Crippen LogP contribution in [-0.2, 0) is 39.1 Å². The zero-order valence-corrected chi connectivity index (χ0v) is 28.6. The average molecular weight is 643 g/mol. The lowest BCUT2D eigenvalue weighted by Gasteiger charge is -2.24. The Labute approximate surface area is 283 Å². The van der Waals surface area contributed by atoms with E-state index in [1.807, 2.05) is 30.3 Å². The van der Waals surface area contributed by atoms with E-state index in [9.17, 15) is 0 Å². The molecule has 0 fully saturated rings. The fourth-order valence-electron chi connectivity index (χ4n) is 7.41. The highest BCUT2D eigenvalue weighted by Gasteiger charge is 2.28. The summed E-state index contributed by atoms with van der Waals surface area (Å²) in [5, 5.41) is 0. The zero-order valence-electron chi connectivity index (χ0n) is 28.6. The molecule has 12 bridgehead atoms. The zero-order chi connectivity index (χ0) is 33.4. The lowest BCUT2D eigenvalue weighted by molar-refractivity contribution is 0.255. The van der Waals surface area contributed by atoms with Gasteiger partial charge >= 0.3 is 0 Å². The first-order chi connectivity index (χ1) is 23.4. The van der Waals surface area contributed by atoms with Gasteiger partial charge < -0.3 is 28.4 Å². The Balaban J connectivity index is 1.52. The summed E-state index contributed by atoms with van der Waals surface area (Å²) in [5.74, 6) is 4.08. The van der Waals surface area contributed by atoms with Gasteiger partial charge in [-0.25, -0.2) is 0 Å². The quantitative estimate of drug-likeness (QED) is 0.196. The van der Waals surface area contributed by atoms with Crippen molar-refractivity contribution in [1.82, 2.24) is 0 Å². The number of rotatable bonds is 3. The van der Waals surface area contributed by atoms with Gasteiger partial charge in [0.25, 0.3) is 0 Å². The molecule has 5 aromatic rings. The predicted octanol–water partition coefficient (Wildman–Crippen LogP) is 8.77. The summed E-state index contributed by atoms with van der Waals surface area (Å²) in [6, 6.07) is 25.3. The molecule has 0 aromatic heterocycles. The van der Waals surface area contributed by atoms with Gasteiger partial charge in [-0.2, -0.15) is 0 Å². The van der Waals surface area contributed by atoms with Crippen molar-refractivity contribution in [2.45, 2.75) is 59.9 Å². The minimum atomic E-state index is 0.208. The molecule has 0 radical (unpaired) electrons. The van der Waals surface area contributed by atoms with E-state index in [-0.39, 0.29) is 19.8 Å². The first kappa shape index (κ1) is 31.5. The molecule has 4 aliphatic heterocycles. The fourth-order valence-corrected chi connectivity index (χ4v) is 7.41. The number of benzene rings is 5. The van der Waals surface area contributed by atoms with Crippen molar-refractivity contribution in [2.24, 2.45) is 0 Å². The van der Waals surface area contributed by atoms with Crippen LogP contribution < -0.4 is 28.4 Å². The second kappa shape index (κ2) is 13.2. The molecular weight excluding hydrogens is 600 g/mol. The topological polar surface area (TPSA) is 55.4 Å². The van der Waals surface area contributed by atoms with Gasteiger partial charge in [0.05, 0.1) is 38.0 Å². The molecule has 6 heteroatoms. The van der Waals surface area contributed by atoms with Crippen molar-refractivity contribution < 1.29 is 28.4 Å². The number of ether oxygens (including phenoxy) is 6. The van der Waals surface area contributed by atoms with Crippen LogP contribution in [0.2, 0.25) is 0 Å². The van der Waals surface area contributed by atoms with Gasteiger partial charge in [-0.1, -0.05) is 36.4 Å². The van der Waals surface area contributed by atoms with Gasteiger partial charge in [-0.15, -0.1) is 0 Å². The Morgan fingerprint density at radius 3 is 1.19 bits per heavy atom. The maximum atomic E-state index is 6.53. The van der Waals surface area contributed by atoms with E-state index in [0.29, 0.717) is 17.2 Å². The smallest absolute Gasteiger partial charge is 0.139 e. The van der Waals surface area contributed by atoms with Crippen LogP contribution in [-0.4, -0.2) is 21.3 Å². The Kier molecular flexibility index (Phi) is 8.65. The molecule has 0 amide bonds. The molecule has 0 saturated carbocycles. The normalized spacial score (nSPS) is 13.6. The van der Waals surface area contributed by atoms with E-state index in [2.05, 4.69) is 63.2 Å². The number of hydrogen-bond donors (Lipinski definition) is 0. The fraction of sp³-hybridized carbons (Fsp3) is 0.286. The second-order valence-electron chi connectivity index (χ2n) is 12.7. The largest absolute Gasteiger partial charge is 0.496 e. The van der Waals surface area contributed by atoms with E-state index < -0.39 is 0 Å². The maximum Gasteiger partial charge on any atom is 0.139 e. The van der Waals surface area contributed by atoms with Gasteiger partial charge in [0.15, 0.2) is 0 Å². The van der Waals surface area contributed by atoms with E-state index in [0.717, 1.165) is 53.2 Å². The number of hydrogen-bond acceptors (Lipinski definition) is 6. The van der Waals surface area contributed by atoms with Crippen molar-refractivity contribution in [2.75, 3.05) is 21.3 Å². The summed E-state index contributed by atoms with van der Waals surface area (Å²) in [6.45, 7) is 7.49. The standard InChI is InChI=1S/C42H42O6/c1-25-34-19-28-10-14-31(15-11-28)46-22-37-40(43-4)38-23-47-32-16-12-29(13-17-32)20-35(25)27(3)36(26(34)2)21-30-8-7-9-33(18-30)48-24-39(41(37)44-5)42(38)45-6/h7-18H,19-24H2,1-6H3. The summed E-state index contributed by atoms with van der Waals surface area (Å²) in [4.78, 5) is 0. The van der Waals surface area contributed by atoms with Crippen LogP contribution in [0.1, 0.15) is 66.8 Å². The van der Waals surface area contributed by atoms with Gasteiger partial charge in [0, 0.05) is 0 Å². The van der Waals surface area contributed by atoms with Crippen LogP contribution in [0.15, 0.2) is 72.8 Å². The van der Waals surface area contributed by atoms with Crippen LogP contribution in [0, 0.1) is 20.8 Å². The van der Waals surface area contributed by atoms with Crippen LogP contribution in [0.5, 0.6) is 34.5 Å². The summed E-state index contributed by atoms with van der Waals surface area (Å²) in [6.07, 6.45) is 2.47. The average Bonchev–Trinajstić information content (AvgIpc) is 3.11. The molecular formula is C42H42O6. The van der Waals surface area contributed by atoms with Gasteiger partial charge in [-0.3, -0.25) is 0 Å². The minimum Gasteiger partial charge on any atom is -0.496 e. The Morgan fingerprint density at radius 1 is 0.417 bits per heavy atom. The van der Waals surface area contributed by atoms with E-state index in [1.165, 1.54) is 50.1 Å². The lowest BCUT2D eigenvalue weighted by atomic mass is 9.82. The highest BCUT2D eigenvalue weighted by molar-refractivity contribution is 5.63. The first-order valence-electron chi connectivity index (χ1n) is 16.5. The highest BCUT2D eigenvalue weighted by atomic mass is 16.5. The Hall–Kier alpha value is -5.10. The second-order valence-corrected chi connectivity index (χ2v) is 12.7. The highest BCUT2D eigenvalue weighted by Crippen LogP contribution is 2.45. The number of methoxy groups -OCH3 is 3. The third-order valence-electron chi connectivity index (χ3n) is 10.0. The molecule has 0 spiro atoms. The lowest BCUT2D eigenvalue weighted by Crippen LogP contribution is -2.13. The van der Waals surface area contributed by atoms with Gasteiger partial charge in [0.1, 0.15) is 54.3 Å². The molecule has 0 saturated heterocycles. The molecule has 48 heavy (non-hydrogen) atoms. The first-order valence-corrected chi connectivity index (χ1v) is 16.5. The summed E-state index contributed by atoms with van der Waals surface area (Å²) >= 11 is 0. The van der Waals surface area contributed by atoms with Crippen molar-refractivity contribution in [3.05, 3.63) is 140 Å². The van der Waals surface area contributed by atoms with E-state index in [1.54, 1.807) is 21.3 Å².